The largest absolute Gasteiger partial charge is 0.452 e. The maximum absolute atomic E-state index is 13.4. The van der Waals surface area contributed by atoms with Gasteiger partial charge in [0.05, 0.1) is 10.5 Å². The maximum Gasteiger partial charge on any atom is 0.339 e. The van der Waals surface area contributed by atoms with E-state index in [4.69, 9.17) is 9.88 Å². The molecule has 1 atom stereocenters. The van der Waals surface area contributed by atoms with Gasteiger partial charge >= 0.3 is 5.97 Å². The average Bonchev–Trinajstić information content (AvgIpc) is 2.95. The van der Waals surface area contributed by atoms with E-state index in [9.17, 15) is 22.4 Å². The van der Waals surface area contributed by atoms with Gasteiger partial charge in [-0.3, -0.25) is 4.79 Å². The topological polar surface area (TPSA) is 107 Å². The third-order valence-electron chi connectivity index (χ3n) is 4.61. The fourth-order valence-electron chi connectivity index (χ4n) is 3.25. The smallest absolute Gasteiger partial charge is 0.339 e. The summed E-state index contributed by atoms with van der Waals surface area (Å²) in [6.45, 7) is 2.92. The first kappa shape index (κ1) is 20.0. The molecule has 0 unspecified atom stereocenters. The van der Waals surface area contributed by atoms with Crippen LogP contribution in [0.15, 0.2) is 41.3 Å². The first-order valence-corrected chi connectivity index (χ1v) is 10.0. The average molecular weight is 406 g/mol. The second kappa shape index (κ2) is 7.33. The molecule has 1 aliphatic rings. The van der Waals surface area contributed by atoms with E-state index in [1.807, 2.05) is 0 Å². The number of aryl methyl sites for hydroxylation is 1. The van der Waals surface area contributed by atoms with Gasteiger partial charge in [-0.15, -0.1) is 0 Å². The van der Waals surface area contributed by atoms with E-state index >= 15 is 0 Å². The molecule has 0 bridgehead atoms. The minimum atomic E-state index is -3.84. The Morgan fingerprint density at radius 3 is 2.64 bits per heavy atom. The lowest BCUT2D eigenvalue weighted by molar-refractivity contribution is -0.122. The Labute approximate surface area is 161 Å². The van der Waals surface area contributed by atoms with Gasteiger partial charge in [0.2, 0.25) is 10.0 Å². The maximum atomic E-state index is 13.4. The van der Waals surface area contributed by atoms with Gasteiger partial charge in [-0.2, -0.15) is 0 Å². The van der Waals surface area contributed by atoms with Crippen molar-refractivity contribution in [1.82, 2.24) is 0 Å². The monoisotopic (exact) mass is 406 g/mol. The number of benzene rings is 2. The number of rotatable bonds is 4. The molecule has 148 valence electrons. The highest BCUT2D eigenvalue weighted by molar-refractivity contribution is 7.89. The van der Waals surface area contributed by atoms with Gasteiger partial charge in [-0.25, -0.2) is 22.7 Å². The second-order valence-corrected chi connectivity index (χ2v) is 8.25. The zero-order valence-electron chi connectivity index (χ0n) is 15.3. The number of nitrogens with two attached hydrogens (primary N) is 1. The summed E-state index contributed by atoms with van der Waals surface area (Å²) in [5.74, 6) is -1.82. The molecule has 1 heterocycles. The number of amides is 1. The van der Waals surface area contributed by atoms with Crippen LogP contribution in [0.2, 0.25) is 0 Å². The lowest BCUT2D eigenvalue weighted by atomic mass is 10.1. The number of carbonyl (C=O) groups is 2. The highest BCUT2D eigenvalue weighted by atomic mass is 32.2. The first-order chi connectivity index (χ1) is 13.1. The molecule has 2 N–H and O–H groups in total. The van der Waals surface area contributed by atoms with Crippen molar-refractivity contribution in [2.24, 2.45) is 5.14 Å². The number of carbonyl (C=O) groups excluding carboxylic acids is 2. The molecular weight excluding hydrogens is 387 g/mol. The van der Waals surface area contributed by atoms with Crippen LogP contribution in [0.1, 0.15) is 28.4 Å². The number of hydrogen-bond donors (Lipinski definition) is 1. The van der Waals surface area contributed by atoms with Gasteiger partial charge in [0.1, 0.15) is 5.82 Å². The number of esters is 1. The molecule has 7 nitrogen and oxygen atoms in total. The van der Waals surface area contributed by atoms with Crippen LogP contribution in [0.25, 0.3) is 0 Å². The van der Waals surface area contributed by atoms with Crippen LogP contribution in [-0.4, -0.2) is 32.9 Å². The van der Waals surface area contributed by atoms with Crippen molar-refractivity contribution in [3.05, 3.63) is 58.9 Å². The molecule has 1 aliphatic heterocycles. The highest BCUT2D eigenvalue weighted by Gasteiger charge is 2.32. The van der Waals surface area contributed by atoms with Crippen molar-refractivity contribution < 1.29 is 27.1 Å². The molecule has 2 aromatic rings. The normalized spacial score (nSPS) is 16.0. The third-order valence-corrected chi connectivity index (χ3v) is 5.52. The fraction of sp³-hybridized carbons (Fsp3) is 0.263. The number of halogens is 1. The quantitative estimate of drug-likeness (QED) is 0.781. The van der Waals surface area contributed by atoms with E-state index in [0.29, 0.717) is 23.2 Å². The van der Waals surface area contributed by atoms with E-state index in [1.165, 1.54) is 35.2 Å². The van der Waals surface area contributed by atoms with Gasteiger partial charge in [0.25, 0.3) is 5.91 Å². The molecule has 1 amide bonds. The van der Waals surface area contributed by atoms with Gasteiger partial charge in [-0.1, -0.05) is 6.07 Å². The summed E-state index contributed by atoms with van der Waals surface area (Å²) in [5, 5.41) is 5.15. The number of primary sulfonamides is 1. The van der Waals surface area contributed by atoms with E-state index in [2.05, 4.69) is 0 Å². The molecule has 2 aromatic carbocycles. The first-order valence-electron chi connectivity index (χ1n) is 8.49. The van der Waals surface area contributed by atoms with Gasteiger partial charge in [0.15, 0.2) is 6.61 Å². The fourth-order valence-corrected chi connectivity index (χ4v) is 3.82. The number of nitrogens with zero attached hydrogens (tertiary/aromatic N) is 1. The zero-order valence-corrected chi connectivity index (χ0v) is 16.1. The van der Waals surface area contributed by atoms with E-state index in [1.54, 1.807) is 13.8 Å². The predicted octanol–water partition coefficient (Wildman–Crippen LogP) is 1.92. The molecule has 0 radical (unpaired) electrons. The summed E-state index contributed by atoms with van der Waals surface area (Å²) >= 11 is 0. The summed E-state index contributed by atoms with van der Waals surface area (Å²) in [6.07, 6.45) is 0.446. The van der Waals surface area contributed by atoms with Gasteiger partial charge in [-0.05, 0) is 61.7 Å². The third kappa shape index (κ3) is 3.90. The van der Waals surface area contributed by atoms with Crippen molar-refractivity contribution >= 4 is 27.6 Å². The van der Waals surface area contributed by atoms with Crippen LogP contribution in [0, 0.1) is 12.7 Å². The number of fused-ring (bicyclic) bond motifs is 1. The number of sulfonamides is 1. The Morgan fingerprint density at radius 2 is 1.96 bits per heavy atom. The Morgan fingerprint density at radius 1 is 1.25 bits per heavy atom. The molecule has 0 aromatic heterocycles. The number of anilines is 1. The SMILES string of the molecule is Cc1ccc(F)cc1C(=O)OCC(=O)N1c2ccc(S(N)(=O)=O)cc2C[C@@H]1C. The van der Waals surface area contributed by atoms with E-state index in [-0.39, 0.29) is 16.5 Å². The molecule has 28 heavy (non-hydrogen) atoms. The van der Waals surface area contributed by atoms with E-state index in [0.717, 1.165) is 6.07 Å². The highest BCUT2D eigenvalue weighted by Crippen LogP contribution is 2.33. The van der Waals surface area contributed by atoms with Crippen LogP contribution in [-0.2, 0) is 26.0 Å². The molecule has 0 spiro atoms. The summed E-state index contributed by atoms with van der Waals surface area (Å²) in [7, 11) is -3.84. The molecule has 9 heteroatoms. The lowest BCUT2D eigenvalue weighted by Gasteiger charge is -2.22. The van der Waals surface area contributed by atoms with Gasteiger partial charge in [0, 0.05) is 11.7 Å². The minimum Gasteiger partial charge on any atom is -0.452 e. The van der Waals surface area contributed by atoms with Crippen molar-refractivity contribution in [1.29, 1.82) is 0 Å². The van der Waals surface area contributed by atoms with Crippen LogP contribution >= 0.6 is 0 Å². The van der Waals surface area contributed by atoms with E-state index < -0.39 is 34.3 Å². The zero-order chi connectivity index (χ0) is 20.6. The molecule has 0 fully saturated rings. The van der Waals surface area contributed by atoms with Crippen LogP contribution in [0.5, 0.6) is 0 Å². The molecule has 0 aliphatic carbocycles. The number of hydrogen-bond acceptors (Lipinski definition) is 5. The Hall–Kier alpha value is -2.78. The van der Waals surface area contributed by atoms with Crippen LogP contribution < -0.4 is 10.0 Å². The lowest BCUT2D eigenvalue weighted by Crippen LogP contribution is -2.38. The van der Waals surface area contributed by atoms with Crippen molar-refractivity contribution in [3.8, 4) is 0 Å². The molecule has 3 rings (SSSR count). The van der Waals surface area contributed by atoms with Crippen LogP contribution in [0.3, 0.4) is 0 Å². The molecular formula is C19H19FN2O5S. The molecule has 0 saturated heterocycles. The predicted molar refractivity (Wildman–Crippen MR) is 99.9 cm³/mol. The summed E-state index contributed by atoms with van der Waals surface area (Å²) < 4.78 is 41.4. The second-order valence-electron chi connectivity index (χ2n) is 6.69. The summed E-state index contributed by atoms with van der Waals surface area (Å²) in [4.78, 5) is 26.2. The Kier molecular flexibility index (Phi) is 5.22. The number of ether oxygens (including phenoxy) is 1. The van der Waals surface area contributed by atoms with Crippen molar-refractivity contribution in [2.75, 3.05) is 11.5 Å². The van der Waals surface area contributed by atoms with Gasteiger partial charge < -0.3 is 9.64 Å². The van der Waals surface area contributed by atoms with Crippen LogP contribution in [0.4, 0.5) is 10.1 Å². The Bertz CT molecular complexity index is 1070. The summed E-state index contributed by atoms with van der Waals surface area (Å²) in [5.41, 5.74) is 1.80. The summed E-state index contributed by atoms with van der Waals surface area (Å²) in [6, 6.07) is 7.78. The standard InChI is InChI=1S/C19H19FN2O5S/c1-11-3-4-14(20)9-16(11)19(24)27-10-18(23)22-12(2)7-13-8-15(28(21,25)26)5-6-17(13)22/h3-6,8-9,12H,7,10H2,1-2H3,(H2,21,25,26)/t12-/m0/s1. The van der Waals surface area contributed by atoms with Crippen molar-refractivity contribution in [3.63, 3.8) is 0 Å². The Balaban J connectivity index is 1.75. The minimum absolute atomic E-state index is 0.0271. The van der Waals surface area contributed by atoms with Crippen molar-refractivity contribution in [2.45, 2.75) is 31.2 Å². The molecule has 0 saturated carbocycles.